The van der Waals surface area contributed by atoms with E-state index in [0.29, 0.717) is 18.3 Å². The van der Waals surface area contributed by atoms with Crippen molar-refractivity contribution in [3.8, 4) is 0 Å². The molecule has 0 amide bonds. The second-order valence-corrected chi connectivity index (χ2v) is 16.8. The number of ether oxygens (including phenoxy) is 3. The van der Waals surface area contributed by atoms with Gasteiger partial charge in [-0.3, -0.25) is 9.59 Å². The summed E-state index contributed by atoms with van der Waals surface area (Å²) in [6.07, 6.45) is 6.17. The highest BCUT2D eigenvalue weighted by molar-refractivity contribution is 5.66. The second-order valence-electron chi connectivity index (χ2n) is 16.8. The summed E-state index contributed by atoms with van der Waals surface area (Å²) >= 11 is 0. The number of aliphatic hydroxyl groups excluding tert-OH is 1. The summed E-state index contributed by atoms with van der Waals surface area (Å²) in [7, 11) is 0. The summed E-state index contributed by atoms with van der Waals surface area (Å²) < 4.78 is 18.3. The standard InChI is InChI=1S/C34H54O7/c1-18-16-21(28(30(6,7)38)40-20(3)36)41-26-25(18)31(8)14-15-34-17-33(34)13-12-24(39-19(2)35)29(4,5)22(33)10-11-23(34)32(31,9)27(26)37/h18,21-28,37-38H,10-17H2,1-9H3/t18-,21-,22?,23+,24+,25+,26+,27+,28+,31-,32-,33-,34?/m1/s1. The number of esters is 2. The normalized spacial score (nSPS) is 52.1. The van der Waals surface area contributed by atoms with Gasteiger partial charge in [-0.25, -0.2) is 0 Å². The Labute approximate surface area is 246 Å². The fourth-order valence-corrected chi connectivity index (χ4v) is 12.8. The van der Waals surface area contributed by atoms with Crippen LogP contribution in [-0.4, -0.2) is 58.3 Å². The SMILES string of the molecule is CC(=O)O[C@H]1CC[C@]23CC24CC[C@]2(C)[C@@H]5[C@H](O[C@@H]([C@H](OC(C)=O)C(C)(C)O)C[C@H]5C)[C@H](O)[C@@]2(C)[C@@H]4CCC3C1(C)C. The highest BCUT2D eigenvalue weighted by Gasteiger charge is 2.84. The van der Waals surface area contributed by atoms with Crippen molar-refractivity contribution >= 4 is 11.9 Å². The lowest BCUT2D eigenvalue weighted by Gasteiger charge is -2.63. The number of hydrogen-bond acceptors (Lipinski definition) is 7. The second kappa shape index (κ2) is 8.94. The van der Waals surface area contributed by atoms with Crippen LogP contribution in [0.25, 0.3) is 0 Å². The maximum absolute atomic E-state index is 12.4. The molecule has 6 rings (SSSR count). The van der Waals surface area contributed by atoms with Crippen molar-refractivity contribution in [2.75, 3.05) is 0 Å². The van der Waals surface area contributed by atoms with Crippen LogP contribution in [0.15, 0.2) is 0 Å². The first-order valence-electron chi connectivity index (χ1n) is 16.3. The highest BCUT2D eigenvalue weighted by Crippen LogP contribution is 2.89. The molecule has 1 aliphatic heterocycles. The maximum atomic E-state index is 12.4. The van der Waals surface area contributed by atoms with Gasteiger partial charge >= 0.3 is 11.9 Å². The highest BCUT2D eigenvalue weighted by atomic mass is 16.6. The van der Waals surface area contributed by atoms with Crippen molar-refractivity contribution in [1.29, 1.82) is 0 Å². The van der Waals surface area contributed by atoms with E-state index in [-0.39, 0.29) is 57.1 Å². The van der Waals surface area contributed by atoms with Crippen molar-refractivity contribution in [1.82, 2.24) is 0 Å². The molecule has 41 heavy (non-hydrogen) atoms. The minimum Gasteiger partial charge on any atom is -0.462 e. The minimum atomic E-state index is -1.26. The summed E-state index contributed by atoms with van der Waals surface area (Å²) in [6, 6.07) is 0. The van der Waals surface area contributed by atoms with Gasteiger partial charge in [0.15, 0.2) is 6.10 Å². The number of rotatable bonds is 4. The third-order valence-corrected chi connectivity index (χ3v) is 14.4. The number of hydrogen-bond donors (Lipinski definition) is 2. The molecule has 5 aliphatic carbocycles. The molecule has 0 radical (unpaired) electrons. The van der Waals surface area contributed by atoms with E-state index < -0.39 is 29.9 Å². The Morgan fingerprint density at radius 1 is 0.951 bits per heavy atom. The van der Waals surface area contributed by atoms with E-state index in [0.717, 1.165) is 32.1 Å². The molecule has 0 aromatic rings. The first kappa shape index (κ1) is 29.9. The Morgan fingerprint density at radius 2 is 1.59 bits per heavy atom. The summed E-state index contributed by atoms with van der Waals surface area (Å²) in [5.74, 6) is 0.799. The van der Waals surface area contributed by atoms with Gasteiger partial charge in [0.2, 0.25) is 0 Å². The van der Waals surface area contributed by atoms with Crippen LogP contribution < -0.4 is 0 Å². The zero-order valence-corrected chi connectivity index (χ0v) is 26.8. The van der Waals surface area contributed by atoms with E-state index in [1.54, 1.807) is 13.8 Å². The van der Waals surface area contributed by atoms with Gasteiger partial charge in [0, 0.05) is 24.7 Å². The first-order chi connectivity index (χ1) is 18.9. The molecule has 232 valence electrons. The van der Waals surface area contributed by atoms with Crippen molar-refractivity contribution in [3.63, 3.8) is 0 Å². The van der Waals surface area contributed by atoms with E-state index in [1.165, 1.54) is 26.7 Å². The van der Waals surface area contributed by atoms with E-state index in [1.807, 2.05) is 0 Å². The van der Waals surface area contributed by atoms with Crippen LogP contribution in [0.5, 0.6) is 0 Å². The topological polar surface area (TPSA) is 102 Å². The predicted molar refractivity (Wildman–Crippen MR) is 154 cm³/mol. The minimum absolute atomic E-state index is 0.0265. The third kappa shape index (κ3) is 3.73. The molecule has 6 fully saturated rings. The molecule has 1 heterocycles. The molecular formula is C34H54O7. The molecule has 1 saturated heterocycles. The summed E-state index contributed by atoms with van der Waals surface area (Å²) in [5.41, 5.74) is -1.17. The molecule has 0 aromatic heterocycles. The summed E-state index contributed by atoms with van der Waals surface area (Å²) in [6.45, 7) is 17.9. The van der Waals surface area contributed by atoms with E-state index >= 15 is 0 Å². The first-order valence-corrected chi connectivity index (χ1v) is 16.3. The van der Waals surface area contributed by atoms with Crippen molar-refractivity contribution in [3.05, 3.63) is 0 Å². The van der Waals surface area contributed by atoms with Crippen molar-refractivity contribution < 1.29 is 34.0 Å². The lowest BCUT2D eigenvalue weighted by molar-refractivity contribution is -0.216. The van der Waals surface area contributed by atoms with Gasteiger partial charge in [-0.15, -0.1) is 0 Å². The monoisotopic (exact) mass is 574 g/mol. The predicted octanol–water partition coefficient (Wildman–Crippen LogP) is 5.43. The number of fused-ring (bicyclic) bond motifs is 4. The Kier molecular flexibility index (Phi) is 6.51. The van der Waals surface area contributed by atoms with Gasteiger partial charge in [0.1, 0.15) is 6.10 Å². The molecule has 7 heteroatoms. The summed E-state index contributed by atoms with van der Waals surface area (Å²) in [5, 5.41) is 23.3. The van der Waals surface area contributed by atoms with Crippen LogP contribution in [0.3, 0.4) is 0 Å². The van der Waals surface area contributed by atoms with E-state index in [4.69, 9.17) is 14.2 Å². The summed E-state index contributed by atoms with van der Waals surface area (Å²) in [4.78, 5) is 23.9. The molecule has 0 bridgehead atoms. The van der Waals surface area contributed by atoms with Crippen LogP contribution in [0.2, 0.25) is 0 Å². The fraction of sp³-hybridized carbons (Fsp3) is 0.941. The molecule has 2 N–H and O–H groups in total. The van der Waals surface area contributed by atoms with Gasteiger partial charge < -0.3 is 24.4 Å². The Hall–Kier alpha value is -1.18. The van der Waals surface area contributed by atoms with Gasteiger partial charge in [0.25, 0.3) is 0 Å². The average Bonchev–Trinajstić information content (AvgIpc) is 3.48. The van der Waals surface area contributed by atoms with Crippen molar-refractivity contribution in [2.24, 2.45) is 50.7 Å². The molecule has 2 unspecified atom stereocenters. The lowest BCUT2D eigenvalue weighted by Crippen LogP contribution is -2.60. The maximum Gasteiger partial charge on any atom is 0.303 e. The van der Waals surface area contributed by atoms with E-state index in [2.05, 4.69) is 34.6 Å². The zero-order valence-electron chi connectivity index (χ0n) is 26.8. The lowest BCUT2D eigenvalue weighted by atomic mass is 9.41. The van der Waals surface area contributed by atoms with Crippen molar-refractivity contribution in [2.45, 2.75) is 150 Å². The molecule has 5 saturated carbocycles. The number of aliphatic hydroxyl groups is 2. The van der Waals surface area contributed by atoms with Gasteiger partial charge in [-0.05, 0) is 105 Å². The Morgan fingerprint density at radius 3 is 2.20 bits per heavy atom. The molecular weight excluding hydrogens is 520 g/mol. The van der Waals surface area contributed by atoms with E-state index in [9.17, 15) is 19.8 Å². The largest absolute Gasteiger partial charge is 0.462 e. The molecule has 7 nitrogen and oxygen atoms in total. The van der Waals surface area contributed by atoms with Crippen LogP contribution in [0.4, 0.5) is 0 Å². The molecule has 13 atom stereocenters. The van der Waals surface area contributed by atoms with Crippen LogP contribution in [-0.2, 0) is 23.8 Å². The smallest absolute Gasteiger partial charge is 0.303 e. The van der Waals surface area contributed by atoms with Gasteiger partial charge in [-0.2, -0.15) is 0 Å². The fourth-order valence-electron chi connectivity index (χ4n) is 12.8. The average molecular weight is 575 g/mol. The molecule has 2 spiro atoms. The zero-order chi connectivity index (χ0) is 30.1. The quantitative estimate of drug-likeness (QED) is 0.432. The third-order valence-electron chi connectivity index (χ3n) is 14.4. The van der Waals surface area contributed by atoms with Crippen LogP contribution in [0.1, 0.15) is 114 Å². The number of carbonyl (C=O) groups is 2. The van der Waals surface area contributed by atoms with Gasteiger partial charge in [-0.1, -0.05) is 34.6 Å². The Balaban J connectivity index is 1.32. The van der Waals surface area contributed by atoms with Crippen LogP contribution in [0, 0.1) is 50.7 Å². The number of carbonyl (C=O) groups excluding carboxylic acids is 2. The van der Waals surface area contributed by atoms with Gasteiger partial charge in [0.05, 0.1) is 23.9 Å². The molecule has 0 aromatic carbocycles. The van der Waals surface area contributed by atoms with Crippen LogP contribution >= 0.6 is 0 Å². The molecule has 6 aliphatic rings. The Bertz CT molecular complexity index is 1110.